The summed E-state index contributed by atoms with van der Waals surface area (Å²) in [4.78, 5) is 18.4. The molecule has 1 fully saturated rings. The zero-order valence-corrected chi connectivity index (χ0v) is 16.9. The Morgan fingerprint density at radius 3 is 2.41 bits per heavy atom. The van der Waals surface area contributed by atoms with Gasteiger partial charge in [0.05, 0.1) is 6.42 Å². The van der Waals surface area contributed by atoms with Gasteiger partial charge in [0, 0.05) is 31.1 Å². The van der Waals surface area contributed by atoms with Crippen molar-refractivity contribution in [3.05, 3.63) is 59.8 Å². The van der Waals surface area contributed by atoms with Crippen LogP contribution < -0.4 is 10.8 Å². The Labute approximate surface area is 171 Å². The second-order valence-electron chi connectivity index (χ2n) is 7.43. The SMILES string of the molecule is CCN(CC)CCNc1ccc([C@@H]2[C@@H](c3ccccc3)[C@@]2(F)CC(=O)NO)cn1. The van der Waals surface area contributed by atoms with Crippen LogP contribution in [0.15, 0.2) is 48.7 Å². The first-order valence-corrected chi connectivity index (χ1v) is 10.1. The summed E-state index contributed by atoms with van der Waals surface area (Å²) in [5, 5.41) is 12.1. The summed E-state index contributed by atoms with van der Waals surface area (Å²) < 4.78 is 15.7. The van der Waals surface area contributed by atoms with Crippen LogP contribution in [-0.4, -0.2) is 52.8 Å². The number of carbonyl (C=O) groups is 1. The molecule has 1 aromatic heterocycles. The van der Waals surface area contributed by atoms with Crippen molar-refractivity contribution in [1.29, 1.82) is 0 Å². The summed E-state index contributed by atoms with van der Waals surface area (Å²) in [5.74, 6) is -0.891. The third kappa shape index (κ3) is 4.74. The second-order valence-corrected chi connectivity index (χ2v) is 7.43. The lowest BCUT2D eigenvalue weighted by Crippen LogP contribution is -2.28. The van der Waals surface area contributed by atoms with Gasteiger partial charge in [-0.2, -0.15) is 0 Å². The topological polar surface area (TPSA) is 77.5 Å². The first-order valence-electron chi connectivity index (χ1n) is 10.1. The molecule has 3 atom stereocenters. The number of hydrogen-bond donors (Lipinski definition) is 3. The van der Waals surface area contributed by atoms with Crippen LogP contribution >= 0.6 is 0 Å². The quantitative estimate of drug-likeness (QED) is 0.421. The zero-order valence-electron chi connectivity index (χ0n) is 16.9. The summed E-state index contributed by atoms with van der Waals surface area (Å²) in [6, 6.07) is 13.0. The van der Waals surface area contributed by atoms with E-state index in [1.165, 1.54) is 0 Å². The molecule has 156 valence electrons. The molecule has 6 nitrogen and oxygen atoms in total. The minimum Gasteiger partial charge on any atom is -0.369 e. The Morgan fingerprint density at radius 1 is 1.14 bits per heavy atom. The lowest BCUT2D eigenvalue weighted by molar-refractivity contribution is -0.130. The predicted octanol–water partition coefficient (Wildman–Crippen LogP) is 3.32. The van der Waals surface area contributed by atoms with Gasteiger partial charge in [0.1, 0.15) is 11.5 Å². The Bertz CT molecular complexity index is 798. The van der Waals surface area contributed by atoms with Gasteiger partial charge in [-0.3, -0.25) is 10.0 Å². The molecule has 3 N–H and O–H groups in total. The van der Waals surface area contributed by atoms with E-state index in [1.807, 2.05) is 42.5 Å². The summed E-state index contributed by atoms with van der Waals surface area (Å²) in [5.41, 5.74) is 1.40. The lowest BCUT2D eigenvalue weighted by Gasteiger charge is -2.18. The van der Waals surface area contributed by atoms with Crippen LogP contribution in [0.4, 0.5) is 10.2 Å². The van der Waals surface area contributed by atoms with Gasteiger partial charge in [0.2, 0.25) is 5.91 Å². The van der Waals surface area contributed by atoms with E-state index >= 15 is 4.39 Å². The molecule has 1 saturated carbocycles. The number of aromatic nitrogens is 1. The molecule has 0 aliphatic heterocycles. The number of alkyl halides is 1. The van der Waals surface area contributed by atoms with Gasteiger partial charge in [-0.1, -0.05) is 50.2 Å². The molecule has 1 amide bonds. The van der Waals surface area contributed by atoms with Gasteiger partial charge in [0.15, 0.2) is 0 Å². The number of carbonyl (C=O) groups excluding carboxylic acids is 1. The average molecular weight is 400 g/mol. The van der Waals surface area contributed by atoms with Crippen LogP contribution in [0, 0.1) is 0 Å². The number of amides is 1. The maximum Gasteiger partial charge on any atom is 0.246 e. The highest BCUT2D eigenvalue weighted by atomic mass is 19.1. The van der Waals surface area contributed by atoms with Crippen molar-refractivity contribution < 1.29 is 14.4 Å². The number of pyridine rings is 1. The minimum absolute atomic E-state index is 0.391. The van der Waals surface area contributed by atoms with Crippen LogP contribution in [0.25, 0.3) is 0 Å². The normalized spacial score (nSPS) is 23.1. The lowest BCUT2D eigenvalue weighted by atomic mass is 10.1. The molecule has 29 heavy (non-hydrogen) atoms. The van der Waals surface area contributed by atoms with Crippen molar-refractivity contribution in [2.24, 2.45) is 0 Å². The van der Waals surface area contributed by atoms with Gasteiger partial charge in [0.25, 0.3) is 0 Å². The van der Waals surface area contributed by atoms with E-state index in [4.69, 9.17) is 5.21 Å². The van der Waals surface area contributed by atoms with Crippen molar-refractivity contribution in [3.8, 4) is 0 Å². The Morgan fingerprint density at radius 2 is 1.83 bits per heavy atom. The first-order chi connectivity index (χ1) is 14.0. The summed E-state index contributed by atoms with van der Waals surface area (Å²) in [6.07, 6.45) is 1.29. The van der Waals surface area contributed by atoms with E-state index in [2.05, 4.69) is 29.0 Å². The molecule has 0 saturated heterocycles. The van der Waals surface area contributed by atoms with Crippen LogP contribution in [-0.2, 0) is 4.79 Å². The summed E-state index contributed by atoms with van der Waals surface area (Å²) >= 11 is 0. The summed E-state index contributed by atoms with van der Waals surface area (Å²) in [7, 11) is 0. The predicted molar refractivity (Wildman–Crippen MR) is 111 cm³/mol. The maximum absolute atomic E-state index is 15.7. The first kappa shape index (κ1) is 21.2. The van der Waals surface area contributed by atoms with E-state index in [1.54, 1.807) is 11.7 Å². The molecule has 0 unspecified atom stereocenters. The van der Waals surface area contributed by atoms with E-state index in [-0.39, 0.29) is 0 Å². The van der Waals surface area contributed by atoms with Crippen molar-refractivity contribution in [2.75, 3.05) is 31.5 Å². The van der Waals surface area contributed by atoms with E-state index in [0.29, 0.717) is 0 Å². The zero-order chi connectivity index (χ0) is 20.9. The smallest absolute Gasteiger partial charge is 0.246 e. The molecule has 7 heteroatoms. The van der Waals surface area contributed by atoms with Crippen LogP contribution in [0.1, 0.15) is 43.2 Å². The fourth-order valence-corrected chi connectivity index (χ4v) is 4.09. The third-order valence-corrected chi connectivity index (χ3v) is 5.75. The van der Waals surface area contributed by atoms with Gasteiger partial charge in [-0.05, 0) is 30.3 Å². The number of benzene rings is 1. The number of likely N-dealkylation sites (N-methyl/N-ethyl adjacent to an activating group) is 1. The fraction of sp³-hybridized carbons (Fsp3) is 0.455. The highest BCUT2D eigenvalue weighted by Crippen LogP contribution is 2.67. The van der Waals surface area contributed by atoms with Crippen molar-refractivity contribution >= 4 is 11.7 Å². The molecule has 1 aliphatic rings. The average Bonchev–Trinajstić information content (AvgIpc) is 3.36. The Kier molecular flexibility index (Phi) is 6.82. The maximum atomic E-state index is 15.7. The Hall–Kier alpha value is -2.51. The molecule has 1 aromatic carbocycles. The number of halogens is 1. The fourth-order valence-electron chi connectivity index (χ4n) is 4.09. The number of hydrogen-bond acceptors (Lipinski definition) is 5. The van der Waals surface area contributed by atoms with Crippen molar-refractivity contribution in [2.45, 2.75) is 37.8 Å². The van der Waals surface area contributed by atoms with Crippen molar-refractivity contribution in [3.63, 3.8) is 0 Å². The molecule has 2 aromatic rings. The van der Waals surface area contributed by atoms with Crippen molar-refractivity contribution in [1.82, 2.24) is 15.4 Å². The van der Waals surface area contributed by atoms with Gasteiger partial charge in [-0.25, -0.2) is 14.9 Å². The van der Waals surface area contributed by atoms with E-state index in [9.17, 15) is 4.79 Å². The molecule has 0 spiro atoms. The molecular formula is C22H29FN4O2. The van der Waals surface area contributed by atoms with Gasteiger partial charge in [-0.15, -0.1) is 0 Å². The monoisotopic (exact) mass is 400 g/mol. The highest BCUT2D eigenvalue weighted by Gasteiger charge is 2.67. The van der Waals surface area contributed by atoms with Gasteiger partial charge < -0.3 is 10.2 Å². The number of rotatable bonds is 10. The third-order valence-electron chi connectivity index (χ3n) is 5.75. The Balaban J connectivity index is 1.71. The molecule has 0 bridgehead atoms. The standard InChI is InChI=1S/C22H29FN4O2/c1-3-27(4-2)13-12-24-18-11-10-17(15-25-18)21-20(16-8-6-5-7-9-16)22(21,23)14-19(28)26-29/h5-11,15,20-21,29H,3-4,12-14H2,1-2H3,(H,24,25)(H,26,28)/t20-,21-,22+/m1/s1. The number of anilines is 1. The van der Waals surface area contributed by atoms with E-state index in [0.717, 1.165) is 43.1 Å². The van der Waals surface area contributed by atoms with Gasteiger partial charge >= 0.3 is 0 Å². The number of nitrogens with zero attached hydrogens (tertiary/aromatic N) is 2. The molecular weight excluding hydrogens is 371 g/mol. The van der Waals surface area contributed by atoms with Crippen LogP contribution in [0.3, 0.4) is 0 Å². The molecule has 0 radical (unpaired) electrons. The minimum atomic E-state index is -1.74. The number of hydroxylamine groups is 1. The second kappa shape index (κ2) is 9.33. The highest BCUT2D eigenvalue weighted by molar-refractivity contribution is 5.77. The largest absolute Gasteiger partial charge is 0.369 e. The summed E-state index contributed by atoms with van der Waals surface area (Å²) in [6.45, 7) is 8.00. The molecule has 1 heterocycles. The number of nitrogens with one attached hydrogen (secondary N) is 2. The van der Waals surface area contributed by atoms with Crippen LogP contribution in [0.5, 0.6) is 0 Å². The molecule has 1 aliphatic carbocycles. The van der Waals surface area contributed by atoms with Crippen LogP contribution in [0.2, 0.25) is 0 Å². The molecule has 3 rings (SSSR count). The van der Waals surface area contributed by atoms with E-state index < -0.39 is 29.8 Å².